The number of nitrogens with one attached hydrogen (secondary N) is 1. The molecule has 0 aliphatic carbocycles. The number of para-hydroxylation sites is 2. The predicted molar refractivity (Wildman–Crippen MR) is 128 cm³/mol. The Morgan fingerprint density at radius 2 is 1.66 bits per heavy atom. The Hall–Kier alpha value is -3.55. The van der Waals surface area contributed by atoms with Crippen LogP contribution in [0.3, 0.4) is 0 Å². The first-order chi connectivity index (χ1) is 15.6. The number of pyridine rings is 1. The van der Waals surface area contributed by atoms with Gasteiger partial charge in [0.2, 0.25) is 0 Å². The van der Waals surface area contributed by atoms with Crippen LogP contribution in [0.2, 0.25) is 0 Å². The number of benzene rings is 3. The highest BCUT2D eigenvalue weighted by molar-refractivity contribution is 7.81. The Bertz CT molecular complexity index is 1260. The van der Waals surface area contributed by atoms with Crippen LogP contribution < -0.4 is 9.62 Å². The van der Waals surface area contributed by atoms with Gasteiger partial charge in [-0.15, -0.1) is 0 Å². The highest BCUT2D eigenvalue weighted by atomic mass is 32.2. The first-order valence-corrected chi connectivity index (χ1v) is 11.4. The van der Waals surface area contributed by atoms with Gasteiger partial charge in [0, 0.05) is 11.6 Å². The number of aromatic nitrogens is 1. The van der Waals surface area contributed by atoms with Gasteiger partial charge in [-0.25, -0.2) is 8.51 Å². The fourth-order valence-electron chi connectivity index (χ4n) is 3.74. The van der Waals surface area contributed by atoms with Gasteiger partial charge >= 0.3 is 0 Å². The van der Waals surface area contributed by atoms with Crippen LogP contribution in [0.15, 0.2) is 91.1 Å². The summed E-state index contributed by atoms with van der Waals surface area (Å²) < 4.78 is 24.0. The second kappa shape index (κ2) is 9.72. The summed E-state index contributed by atoms with van der Waals surface area (Å²) in [5, 5.41) is 3.89. The molecule has 4 aromatic rings. The van der Waals surface area contributed by atoms with Crippen molar-refractivity contribution in [2.24, 2.45) is 0 Å². The van der Waals surface area contributed by atoms with Gasteiger partial charge in [-0.3, -0.25) is 14.3 Å². The number of carbonyl (C=O) groups excluding carboxylic acids is 1. The molecule has 0 saturated heterocycles. The Morgan fingerprint density at radius 1 is 0.969 bits per heavy atom. The number of amides is 1. The van der Waals surface area contributed by atoms with Gasteiger partial charge in [-0.2, -0.15) is 0 Å². The summed E-state index contributed by atoms with van der Waals surface area (Å²) in [7, 11) is 0. The zero-order chi connectivity index (χ0) is 22.5. The first-order valence-electron chi connectivity index (χ1n) is 10.3. The number of fused-ring (bicyclic) bond motifs is 1. The molecule has 1 amide bonds. The lowest BCUT2D eigenvalue weighted by atomic mass is 10.0. The Balaban J connectivity index is 1.76. The molecule has 2 unspecified atom stereocenters. The third kappa shape index (κ3) is 4.39. The lowest BCUT2D eigenvalue weighted by molar-refractivity contribution is 0.0936. The van der Waals surface area contributed by atoms with Crippen LogP contribution in [-0.4, -0.2) is 19.7 Å². The van der Waals surface area contributed by atoms with Crippen LogP contribution in [0.5, 0.6) is 0 Å². The standard InChI is InChI=1S/C25H23N3O3S/c1-2-21(18-10-4-3-5-11-18)27-25(29)20-14-6-7-15-22(20)28(32(30)31)23-16-8-12-19-13-9-17-26-24(19)23/h3-17,21H,2H2,1H3,(H,27,29)(H,30,31). The maximum Gasteiger partial charge on any atom is 0.266 e. The maximum atomic E-state index is 13.3. The van der Waals surface area contributed by atoms with Crippen molar-refractivity contribution in [3.8, 4) is 0 Å². The van der Waals surface area contributed by atoms with E-state index in [1.165, 1.54) is 4.31 Å². The van der Waals surface area contributed by atoms with Crippen LogP contribution in [0.25, 0.3) is 10.9 Å². The van der Waals surface area contributed by atoms with Gasteiger partial charge < -0.3 is 5.32 Å². The van der Waals surface area contributed by atoms with Gasteiger partial charge in [0.1, 0.15) is 0 Å². The molecule has 7 heteroatoms. The fraction of sp³-hybridized carbons (Fsp3) is 0.120. The largest absolute Gasteiger partial charge is 0.345 e. The molecule has 2 atom stereocenters. The van der Waals surface area contributed by atoms with Crippen molar-refractivity contribution in [2.75, 3.05) is 4.31 Å². The van der Waals surface area contributed by atoms with Crippen LogP contribution in [0.1, 0.15) is 35.3 Å². The van der Waals surface area contributed by atoms with Crippen LogP contribution >= 0.6 is 0 Å². The van der Waals surface area contributed by atoms with Crippen molar-refractivity contribution in [1.82, 2.24) is 10.3 Å². The molecule has 0 saturated carbocycles. The number of carbonyl (C=O) groups is 1. The SMILES string of the molecule is CCC(NC(=O)c1ccccc1N(c1cccc2cccnc12)S(=O)O)c1ccccc1. The van der Waals surface area contributed by atoms with Crippen LogP contribution in [0.4, 0.5) is 11.4 Å². The van der Waals surface area contributed by atoms with Crippen molar-refractivity contribution < 1.29 is 13.6 Å². The second-order valence-electron chi connectivity index (χ2n) is 7.24. The van der Waals surface area contributed by atoms with Gasteiger partial charge in [0.05, 0.1) is 28.5 Å². The van der Waals surface area contributed by atoms with Crippen molar-refractivity contribution in [3.63, 3.8) is 0 Å². The summed E-state index contributed by atoms with van der Waals surface area (Å²) in [4.78, 5) is 17.7. The minimum absolute atomic E-state index is 0.177. The molecule has 0 radical (unpaired) electrons. The zero-order valence-electron chi connectivity index (χ0n) is 17.5. The molecular weight excluding hydrogens is 422 g/mol. The van der Waals surface area contributed by atoms with E-state index in [0.717, 1.165) is 10.9 Å². The molecule has 1 aromatic heterocycles. The van der Waals surface area contributed by atoms with Crippen LogP contribution in [0, 0.1) is 0 Å². The third-order valence-corrected chi connectivity index (χ3v) is 5.98. The van der Waals surface area contributed by atoms with E-state index in [-0.39, 0.29) is 11.9 Å². The number of hydrogen-bond acceptors (Lipinski definition) is 3. The molecule has 0 aliphatic rings. The number of hydrogen-bond donors (Lipinski definition) is 2. The smallest absolute Gasteiger partial charge is 0.266 e. The fourth-order valence-corrected chi connectivity index (χ4v) is 4.38. The van der Waals surface area contributed by atoms with Gasteiger partial charge in [0.25, 0.3) is 17.2 Å². The average molecular weight is 446 g/mol. The van der Waals surface area contributed by atoms with Gasteiger partial charge in [0.15, 0.2) is 0 Å². The van der Waals surface area contributed by atoms with E-state index in [1.54, 1.807) is 42.6 Å². The van der Waals surface area contributed by atoms with E-state index in [4.69, 9.17) is 0 Å². The van der Waals surface area contributed by atoms with Crippen molar-refractivity contribution in [2.45, 2.75) is 19.4 Å². The molecule has 4 rings (SSSR count). The Labute approximate surface area is 189 Å². The summed E-state index contributed by atoms with van der Waals surface area (Å²) in [5.41, 5.74) is 2.65. The topological polar surface area (TPSA) is 82.5 Å². The van der Waals surface area contributed by atoms with E-state index in [1.807, 2.05) is 55.5 Å². The highest BCUT2D eigenvalue weighted by Gasteiger charge is 2.25. The summed E-state index contributed by atoms with van der Waals surface area (Å²) in [6, 6.07) is 25.4. The number of nitrogens with zero attached hydrogens (tertiary/aromatic N) is 2. The molecule has 2 N–H and O–H groups in total. The van der Waals surface area contributed by atoms with E-state index in [0.29, 0.717) is 28.9 Å². The minimum atomic E-state index is -2.43. The van der Waals surface area contributed by atoms with Crippen molar-refractivity contribution in [3.05, 3.63) is 102 Å². The summed E-state index contributed by atoms with van der Waals surface area (Å²) in [6.07, 6.45) is 2.34. The van der Waals surface area contributed by atoms with E-state index >= 15 is 0 Å². The van der Waals surface area contributed by atoms with Crippen molar-refractivity contribution in [1.29, 1.82) is 0 Å². The third-order valence-electron chi connectivity index (χ3n) is 5.27. The normalized spacial score (nSPS) is 12.8. The van der Waals surface area contributed by atoms with Gasteiger partial charge in [-0.1, -0.05) is 67.6 Å². The molecule has 1 heterocycles. The van der Waals surface area contributed by atoms with E-state index < -0.39 is 11.3 Å². The van der Waals surface area contributed by atoms with Crippen LogP contribution in [-0.2, 0) is 11.3 Å². The summed E-state index contributed by atoms with van der Waals surface area (Å²) in [5.74, 6) is -0.319. The number of anilines is 2. The monoisotopic (exact) mass is 445 g/mol. The molecule has 0 bridgehead atoms. The first kappa shape index (κ1) is 21.7. The van der Waals surface area contributed by atoms with Crippen molar-refractivity contribution >= 4 is 39.5 Å². The molecule has 0 aliphatic heterocycles. The highest BCUT2D eigenvalue weighted by Crippen LogP contribution is 2.34. The van der Waals surface area contributed by atoms with E-state index in [2.05, 4.69) is 10.3 Å². The van der Waals surface area contributed by atoms with E-state index in [9.17, 15) is 13.6 Å². The molecule has 3 aromatic carbocycles. The van der Waals surface area contributed by atoms with Gasteiger partial charge in [-0.05, 0) is 36.2 Å². The molecular formula is C25H23N3O3S. The predicted octanol–water partition coefficient (Wildman–Crippen LogP) is 5.39. The molecule has 6 nitrogen and oxygen atoms in total. The molecule has 162 valence electrons. The lowest BCUT2D eigenvalue weighted by Gasteiger charge is -2.24. The summed E-state index contributed by atoms with van der Waals surface area (Å²) in [6.45, 7) is 2.00. The Kier molecular flexibility index (Phi) is 6.58. The maximum absolute atomic E-state index is 13.3. The lowest BCUT2D eigenvalue weighted by Crippen LogP contribution is -2.30. The molecule has 0 spiro atoms. The summed E-state index contributed by atoms with van der Waals surface area (Å²) >= 11 is -2.43. The number of rotatable bonds is 7. The molecule has 32 heavy (non-hydrogen) atoms. The Morgan fingerprint density at radius 3 is 2.41 bits per heavy atom. The average Bonchev–Trinajstić information content (AvgIpc) is 2.83. The zero-order valence-corrected chi connectivity index (χ0v) is 18.3. The second-order valence-corrected chi connectivity index (χ2v) is 8.07. The minimum Gasteiger partial charge on any atom is -0.345 e. The quantitative estimate of drug-likeness (QED) is 0.374. The molecule has 0 fully saturated rings.